The maximum atomic E-state index is 5.83. The molecule has 0 aliphatic carbocycles. The van der Waals surface area contributed by atoms with E-state index in [-0.39, 0.29) is 0 Å². The van der Waals surface area contributed by atoms with Crippen LogP contribution in [0.5, 0.6) is 0 Å². The molecule has 1 saturated heterocycles. The van der Waals surface area contributed by atoms with E-state index in [1.165, 1.54) is 37.1 Å². The van der Waals surface area contributed by atoms with Gasteiger partial charge in [0.05, 0.1) is 0 Å². The van der Waals surface area contributed by atoms with Crippen molar-refractivity contribution >= 4 is 0 Å². The molecule has 17 heavy (non-hydrogen) atoms. The number of likely N-dealkylation sites (tertiary alicyclic amines) is 1. The summed E-state index contributed by atoms with van der Waals surface area (Å²) in [6, 6.07) is 8.64. The average molecular weight is 232 g/mol. The maximum absolute atomic E-state index is 5.83. The molecule has 94 valence electrons. The Morgan fingerprint density at radius 3 is 2.88 bits per heavy atom. The molecule has 1 aromatic rings. The summed E-state index contributed by atoms with van der Waals surface area (Å²) in [5, 5.41) is 0. The lowest BCUT2D eigenvalue weighted by Gasteiger charge is -2.34. The number of nitrogens with zero attached hydrogens (tertiary/aromatic N) is 1. The SMILES string of the molecule is CC(c1ccccc1CN)C1CCCN(C)C1. The minimum Gasteiger partial charge on any atom is -0.326 e. The number of hydrogen-bond acceptors (Lipinski definition) is 2. The highest BCUT2D eigenvalue weighted by atomic mass is 15.1. The van der Waals surface area contributed by atoms with Crippen LogP contribution < -0.4 is 5.73 Å². The van der Waals surface area contributed by atoms with E-state index in [0.717, 1.165) is 5.92 Å². The van der Waals surface area contributed by atoms with Crippen molar-refractivity contribution in [3.63, 3.8) is 0 Å². The Hall–Kier alpha value is -0.860. The van der Waals surface area contributed by atoms with Crippen molar-refractivity contribution in [3.05, 3.63) is 35.4 Å². The van der Waals surface area contributed by atoms with Crippen molar-refractivity contribution in [2.45, 2.75) is 32.2 Å². The Labute approximate surface area is 105 Å². The third-order valence-corrected chi connectivity index (χ3v) is 4.13. The minimum atomic E-state index is 0.623. The molecule has 1 aromatic carbocycles. The molecule has 0 radical (unpaired) electrons. The van der Waals surface area contributed by atoms with Crippen LogP contribution >= 0.6 is 0 Å². The summed E-state index contributed by atoms with van der Waals surface area (Å²) in [4.78, 5) is 2.45. The third-order valence-electron chi connectivity index (χ3n) is 4.13. The molecule has 1 aliphatic heterocycles. The fourth-order valence-corrected chi connectivity index (χ4v) is 3.03. The first-order chi connectivity index (χ1) is 8.22. The van der Waals surface area contributed by atoms with Crippen LogP contribution in [0.25, 0.3) is 0 Å². The van der Waals surface area contributed by atoms with E-state index >= 15 is 0 Å². The molecule has 0 bridgehead atoms. The van der Waals surface area contributed by atoms with E-state index in [4.69, 9.17) is 5.73 Å². The van der Waals surface area contributed by atoms with Gasteiger partial charge in [-0.05, 0) is 49.4 Å². The first-order valence-corrected chi connectivity index (χ1v) is 6.68. The summed E-state index contributed by atoms with van der Waals surface area (Å²) in [5.74, 6) is 1.40. The fraction of sp³-hybridized carbons (Fsp3) is 0.600. The van der Waals surface area contributed by atoms with Crippen LogP contribution in [-0.2, 0) is 6.54 Å². The van der Waals surface area contributed by atoms with Gasteiger partial charge in [-0.15, -0.1) is 0 Å². The van der Waals surface area contributed by atoms with Gasteiger partial charge in [-0.1, -0.05) is 31.2 Å². The molecule has 2 heteroatoms. The summed E-state index contributed by atoms with van der Waals surface area (Å²) in [7, 11) is 2.23. The number of nitrogens with two attached hydrogens (primary N) is 1. The summed E-state index contributed by atoms with van der Waals surface area (Å²) < 4.78 is 0. The second-order valence-corrected chi connectivity index (χ2v) is 5.36. The van der Waals surface area contributed by atoms with E-state index in [0.29, 0.717) is 12.5 Å². The third kappa shape index (κ3) is 2.88. The quantitative estimate of drug-likeness (QED) is 0.868. The number of rotatable bonds is 3. The molecule has 2 unspecified atom stereocenters. The van der Waals surface area contributed by atoms with Gasteiger partial charge in [-0.3, -0.25) is 0 Å². The smallest absolute Gasteiger partial charge is 0.0180 e. The average Bonchev–Trinajstić information content (AvgIpc) is 2.38. The molecule has 0 saturated carbocycles. The molecule has 2 rings (SSSR count). The van der Waals surface area contributed by atoms with Gasteiger partial charge in [0.25, 0.3) is 0 Å². The Kier molecular flexibility index (Phi) is 4.19. The van der Waals surface area contributed by atoms with E-state index < -0.39 is 0 Å². The van der Waals surface area contributed by atoms with Crippen molar-refractivity contribution in [2.75, 3.05) is 20.1 Å². The normalized spacial score (nSPS) is 23.6. The van der Waals surface area contributed by atoms with E-state index in [1.807, 2.05) is 0 Å². The van der Waals surface area contributed by atoms with Crippen molar-refractivity contribution in [3.8, 4) is 0 Å². The lowest BCUT2D eigenvalue weighted by molar-refractivity contribution is 0.191. The number of benzene rings is 1. The Morgan fingerprint density at radius 1 is 1.41 bits per heavy atom. The monoisotopic (exact) mass is 232 g/mol. The van der Waals surface area contributed by atoms with Gasteiger partial charge in [0, 0.05) is 13.1 Å². The van der Waals surface area contributed by atoms with Gasteiger partial charge in [-0.2, -0.15) is 0 Å². The molecule has 2 nitrogen and oxygen atoms in total. The molecule has 2 N–H and O–H groups in total. The molecule has 0 spiro atoms. The van der Waals surface area contributed by atoms with Crippen LogP contribution in [0.3, 0.4) is 0 Å². The van der Waals surface area contributed by atoms with Gasteiger partial charge >= 0.3 is 0 Å². The molecular weight excluding hydrogens is 208 g/mol. The molecular formula is C15H24N2. The highest BCUT2D eigenvalue weighted by Crippen LogP contribution is 2.32. The highest BCUT2D eigenvalue weighted by Gasteiger charge is 2.24. The topological polar surface area (TPSA) is 29.3 Å². The molecule has 0 amide bonds. The molecule has 2 atom stereocenters. The summed E-state index contributed by atoms with van der Waals surface area (Å²) in [5.41, 5.74) is 8.60. The minimum absolute atomic E-state index is 0.623. The number of hydrogen-bond donors (Lipinski definition) is 1. The predicted molar refractivity (Wildman–Crippen MR) is 73.0 cm³/mol. The van der Waals surface area contributed by atoms with Crippen molar-refractivity contribution in [1.82, 2.24) is 4.90 Å². The van der Waals surface area contributed by atoms with Crippen LogP contribution in [0, 0.1) is 5.92 Å². The zero-order chi connectivity index (χ0) is 12.3. The fourth-order valence-electron chi connectivity index (χ4n) is 3.03. The first kappa shape index (κ1) is 12.6. The first-order valence-electron chi connectivity index (χ1n) is 6.68. The van der Waals surface area contributed by atoms with Gasteiger partial charge < -0.3 is 10.6 Å². The second-order valence-electron chi connectivity index (χ2n) is 5.36. The van der Waals surface area contributed by atoms with Crippen molar-refractivity contribution in [2.24, 2.45) is 11.7 Å². The molecule has 0 aromatic heterocycles. The predicted octanol–water partition coefficient (Wildman–Crippen LogP) is 2.59. The Morgan fingerprint density at radius 2 is 2.18 bits per heavy atom. The van der Waals surface area contributed by atoms with Crippen LogP contribution in [0.1, 0.15) is 36.8 Å². The zero-order valence-corrected chi connectivity index (χ0v) is 11.0. The summed E-state index contributed by atoms with van der Waals surface area (Å²) in [6.45, 7) is 5.49. The molecule has 1 heterocycles. The second kappa shape index (κ2) is 5.65. The maximum Gasteiger partial charge on any atom is 0.0180 e. The van der Waals surface area contributed by atoms with Gasteiger partial charge in [0.2, 0.25) is 0 Å². The lowest BCUT2D eigenvalue weighted by Crippen LogP contribution is -2.34. The Balaban J connectivity index is 2.15. The van der Waals surface area contributed by atoms with Gasteiger partial charge in [-0.25, -0.2) is 0 Å². The number of piperidine rings is 1. The largest absolute Gasteiger partial charge is 0.326 e. The van der Waals surface area contributed by atoms with Gasteiger partial charge in [0.1, 0.15) is 0 Å². The van der Waals surface area contributed by atoms with Crippen LogP contribution in [0.15, 0.2) is 24.3 Å². The van der Waals surface area contributed by atoms with Crippen molar-refractivity contribution < 1.29 is 0 Å². The zero-order valence-electron chi connectivity index (χ0n) is 11.0. The van der Waals surface area contributed by atoms with E-state index in [9.17, 15) is 0 Å². The van der Waals surface area contributed by atoms with E-state index in [1.54, 1.807) is 0 Å². The molecule has 1 fully saturated rings. The lowest BCUT2D eigenvalue weighted by atomic mass is 9.80. The van der Waals surface area contributed by atoms with Gasteiger partial charge in [0.15, 0.2) is 0 Å². The summed E-state index contributed by atoms with van der Waals surface area (Å²) in [6.07, 6.45) is 2.68. The van der Waals surface area contributed by atoms with Crippen LogP contribution in [0.2, 0.25) is 0 Å². The standard InChI is InChI=1S/C15H24N2/c1-12(14-7-5-9-17(2)11-14)15-8-4-3-6-13(15)10-16/h3-4,6,8,12,14H,5,7,9-11,16H2,1-2H3. The summed E-state index contributed by atoms with van der Waals surface area (Å²) >= 11 is 0. The highest BCUT2D eigenvalue weighted by molar-refractivity contribution is 5.30. The van der Waals surface area contributed by atoms with E-state index in [2.05, 4.69) is 43.1 Å². The van der Waals surface area contributed by atoms with Crippen LogP contribution in [-0.4, -0.2) is 25.0 Å². The van der Waals surface area contributed by atoms with Crippen molar-refractivity contribution in [1.29, 1.82) is 0 Å². The van der Waals surface area contributed by atoms with Crippen LogP contribution in [0.4, 0.5) is 0 Å². The Bertz CT molecular complexity index is 362. The molecule has 1 aliphatic rings.